The van der Waals surface area contributed by atoms with Crippen molar-refractivity contribution in [2.45, 2.75) is 17.7 Å². The molecule has 0 aliphatic carbocycles. The second-order valence-electron chi connectivity index (χ2n) is 6.78. The Kier molecular flexibility index (Phi) is 4.72. The van der Waals surface area contributed by atoms with Gasteiger partial charge >= 0.3 is 0 Å². The monoisotopic (exact) mass is 366 g/mol. The van der Waals surface area contributed by atoms with Crippen molar-refractivity contribution in [3.8, 4) is 0 Å². The van der Waals surface area contributed by atoms with Crippen LogP contribution < -0.4 is 0 Å². The molecule has 2 aliphatic heterocycles. The number of thioether (sulfide) groups is 1. The molecule has 2 saturated heterocycles. The van der Waals surface area contributed by atoms with Crippen LogP contribution in [0.3, 0.4) is 0 Å². The maximum absolute atomic E-state index is 13.0. The van der Waals surface area contributed by atoms with Crippen LogP contribution in [0.15, 0.2) is 60.7 Å². The molecule has 2 aliphatic rings. The lowest BCUT2D eigenvalue weighted by atomic mass is 10.00. The molecule has 4 rings (SSSR count). The fraction of sp³-hybridized carbons (Fsp3) is 0.333. The Bertz CT molecular complexity index is 786. The van der Waals surface area contributed by atoms with E-state index in [2.05, 4.69) is 0 Å². The van der Waals surface area contributed by atoms with Gasteiger partial charge in [0, 0.05) is 36.5 Å². The topological polar surface area (TPSA) is 40.6 Å². The third kappa shape index (κ3) is 3.12. The summed E-state index contributed by atoms with van der Waals surface area (Å²) in [4.78, 5) is 29.5. The van der Waals surface area contributed by atoms with E-state index in [1.165, 1.54) is 0 Å². The van der Waals surface area contributed by atoms with E-state index in [0.717, 1.165) is 36.3 Å². The molecule has 2 amide bonds. The van der Waals surface area contributed by atoms with Gasteiger partial charge in [-0.1, -0.05) is 36.4 Å². The van der Waals surface area contributed by atoms with Crippen molar-refractivity contribution in [1.29, 1.82) is 0 Å². The van der Waals surface area contributed by atoms with Crippen molar-refractivity contribution in [2.24, 2.45) is 0 Å². The molecule has 0 N–H and O–H groups in total. The van der Waals surface area contributed by atoms with Crippen LogP contribution in [0.4, 0.5) is 0 Å². The van der Waals surface area contributed by atoms with Crippen LogP contribution in [-0.4, -0.2) is 51.9 Å². The molecule has 1 spiro atoms. The number of carbonyl (C=O) groups excluding carboxylic acids is 2. The van der Waals surface area contributed by atoms with Crippen LogP contribution in [0.1, 0.15) is 33.6 Å². The summed E-state index contributed by atoms with van der Waals surface area (Å²) in [6.07, 6.45) is 1.66. The smallest absolute Gasteiger partial charge is 0.254 e. The minimum atomic E-state index is -0.166. The van der Waals surface area contributed by atoms with Gasteiger partial charge in [0.1, 0.15) is 0 Å². The Morgan fingerprint density at radius 1 is 0.769 bits per heavy atom. The van der Waals surface area contributed by atoms with Gasteiger partial charge in [-0.25, -0.2) is 0 Å². The van der Waals surface area contributed by atoms with Crippen LogP contribution in [0.2, 0.25) is 0 Å². The van der Waals surface area contributed by atoms with Crippen molar-refractivity contribution in [3.05, 3.63) is 71.8 Å². The second-order valence-corrected chi connectivity index (χ2v) is 8.23. The molecule has 0 radical (unpaired) electrons. The van der Waals surface area contributed by atoms with Crippen molar-refractivity contribution in [3.63, 3.8) is 0 Å². The summed E-state index contributed by atoms with van der Waals surface area (Å²) in [6, 6.07) is 18.9. The van der Waals surface area contributed by atoms with Crippen molar-refractivity contribution in [1.82, 2.24) is 9.80 Å². The highest BCUT2D eigenvalue weighted by Crippen LogP contribution is 2.44. The zero-order valence-corrected chi connectivity index (χ0v) is 15.5. The molecule has 2 aromatic carbocycles. The minimum Gasteiger partial charge on any atom is -0.338 e. The van der Waals surface area contributed by atoms with Crippen molar-refractivity contribution >= 4 is 23.6 Å². The van der Waals surface area contributed by atoms with Gasteiger partial charge < -0.3 is 9.80 Å². The highest BCUT2D eigenvalue weighted by Gasteiger charge is 2.47. The lowest BCUT2D eigenvalue weighted by molar-refractivity contribution is 0.0498. The Morgan fingerprint density at radius 3 is 1.88 bits per heavy atom. The van der Waals surface area contributed by atoms with Gasteiger partial charge in [-0.3, -0.25) is 9.59 Å². The van der Waals surface area contributed by atoms with Crippen LogP contribution >= 0.6 is 11.8 Å². The number of benzene rings is 2. The van der Waals surface area contributed by atoms with Crippen molar-refractivity contribution < 1.29 is 9.59 Å². The first-order chi connectivity index (χ1) is 12.7. The maximum atomic E-state index is 13.0. The molecule has 134 valence electrons. The molecule has 2 heterocycles. The van der Waals surface area contributed by atoms with Gasteiger partial charge in [-0.2, -0.15) is 0 Å². The normalized spacial score (nSPS) is 18.9. The van der Waals surface area contributed by atoms with Crippen LogP contribution in [0.5, 0.6) is 0 Å². The van der Waals surface area contributed by atoms with Gasteiger partial charge in [0.15, 0.2) is 0 Å². The predicted octanol–water partition coefficient (Wildman–Crippen LogP) is 3.51. The van der Waals surface area contributed by atoms with E-state index in [-0.39, 0.29) is 16.7 Å². The van der Waals surface area contributed by atoms with Crippen LogP contribution in [0, 0.1) is 0 Å². The van der Waals surface area contributed by atoms with Gasteiger partial charge in [0.2, 0.25) is 0 Å². The Hall–Kier alpha value is -2.27. The van der Waals surface area contributed by atoms with E-state index < -0.39 is 0 Å². The third-order valence-corrected chi connectivity index (χ3v) is 6.85. The summed E-state index contributed by atoms with van der Waals surface area (Å²) in [6.45, 7) is 2.17. The first-order valence-electron chi connectivity index (χ1n) is 9.05. The Balaban J connectivity index is 1.47. The molecule has 0 bridgehead atoms. The third-order valence-electron chi connectivity index (χ3n) is 5.30. The van der Waals surface area contributed by atoms with E-state index in [1.54, 1.807) is 0 Å². The molecule has 0 unspecified atom stereocenters. The van der Waals surface area contributed by atoms with Crippen LogP contribution in [-0.2, 0) is 0 Å². The molecule has 4 nitrogen and oxygen atoms in total. The van der Waals surface area contributed by atoms with E-state index >= 15 is 0 Å². The fourth-order valence-electron chi connectivity index (χ4n) is 3.87. The number of nitrogens with zero attached hydrogens (tertiary/aromatic N) is 2. The largest absolute Gasteiger partial charge is 0.338 e. The molecule has 0 aromatic heterocycles. The molecule has 2 fully saturated rings. The Labute approximate surface area is 158 Å². The molecule has 2 aromatic rings. The van der Waals surface area contributed by atoms with Crippen molar-refractivity contribution in [2.75, 3.05) is 25.4 Å². The number of amides is 2. The highest BCUT2D eigenvalue weighted by molar-refractivity contribution is 8.00. The van der Waals surface area contributed by atoms with Gasteiger partial charge in [-0.05, 0) is 37.1 Å². The summed E-state index contributed by atoms with van der Waals surface area (Å²) >= 11 is 1.87. The van der Waals surface area contributed by atoms with Crippen LogP contribution in [0.25, 0.3) is 0 Å². The SMILES string of the molecule is O=C(c1ccccc1)N1CCC2(CC1)SCCN2C(=O)c1ccccc1. The molecule has 26 heavy (non-hydrogen) atoms. The average molecular weight is 366 g/mol. The summed E-state index contributed by atoms with van der Waals surface area (Å²) in [5.74, 6) is 1.16. The van der Waals surface area contributed by atoms with Gasteiger partial charge in [0.25, 0.3) is 11.8 Å². The molecule has 0 atom stereocenters. The number of piperidine rings is 1. The minimum absolute atomic E-state index is 0.0874. The first kappa shape index (κ1) is 17.2. The number of rotatable bonds is 2. The number of hydrogen-bond acceptors (Lipinski definition) is 3. The number of likely N-dealkylation sites (tertiary alicyclic amines) is 1. The molecular formula is C21H22N2O2S. The standard InChI is InChI=1S/C21H22N2O2S/c24-19(17-7-3-1-4-8-17)22-13-11-21(12-14-22)23(15-16-26-21)20(25)18-9-5-2-6-10-18/h1-10H,11-16H2. The van der Waals surface area contributed by atoms with E-state index in [4.69, 9.17) is 0 Å². The van der Waals surface area contributed by atoms with Gasteiger partial charge in [0.05, 0.1) is 4.87 Å². The zero-order chi connectivity index (χ0) is 18.0. The molecular weight excluding hydrogens is 344 g/mol. The zero-order valence-electron chi connectivity index (χ0n) is 14.6. The fourth-order valence-corrected chi connectivity index (χ4v) is 5.32. The summed E-state index contributed by atoms with van der Waals surface area (Å²) in [7, 11) is 0. The number of hydrogen-bond donors (Lipinski definition) is 0. The highest BCUT2D eigenvalue weighted by atomic mass is 32.2. The molecule has 0 saturated carbocycles. The summed E-state index contributed by atoms with van der Waals surface area (Å²) in [5, 5.41) is 0. The maximum Gasteiger partial charge on any atom is 0.254 e. The summed E-state index contributed by atoms with van der Waals surface area (Å²) in [5.41, 5.74) is 1.48. The van der Waals surface area contributed by atoms with E-state index in [1.807, 2.05) is 82.2 Å². The average Bonchev–Trinajstić information content (AvgIpc) is 3.12. The first-order valence-corrected chi connectivity index (χ1v) is 10.0. The van der Waals surface area contributed by atoms with E-state index in [0.29, 0.717) is 13.1 Å². The summed E-state index contributed by atoms with van der Waals surface area (Å²) < 4.78 is 0. The Morgan fingerprint density at radius 2 is 1.31 bits per heavy atom. The molecule has 5 heteroatoms. The van der Waals surface area contributed by atoms with E-state index in [9.17, 15) is 9.59 Å². The quantitative estimate of drug-likeness (QED) is 0.817. The lowest BCUT2D eigenvalue weighted by Gasteiger charge is -2.44. The lowest BCUT2D eigenvalue weighted by Crippen LogP contribution is -2.53. The number of carbonyl (C=O) groups is 2. The van der Waals surface area contributed by atoms with Gasteiger partial charge in [-0.15, -0.1) is 11.8 Å². The predicted molar refractivity (Wildman–Crippen MR) is 104 cm³/mol. The second kappa shape index (κ2) is 7.16.